The van der Waals surface area contributed by atoms with E-state index in [1.54, 1.807) is 0 Å². The Bertz CT molecular complexity index is 558. The highest BCUT2D eigenvalue weighted by atomic mass is 19.4. The lowest BCUT2D eigenvalue weighted by Crippen LogP contribution is -2.09. The summed E-state index contributed by atoms with van der Waals surface area (Å²) in [5.41, 5.74) is 4.83. The van der Waals surface area contributed by atoms with Crippen LogP contribution in [-0.2, 0) is 12.7 Å². The van der Waals surface area contributed by atoms with Crippen molar-refractivity contribution in [3.05, 3.63) is 47.9 Å². The summed E-state index contributed by atoms with van der Waals surface area (Å²) < 4.78 is 43.9. The van der Waals surface area contributed by atoms with E-state index in [1.165, 1.54) is 30.7 Å². The summed E-state index contributed by atoms with van der Waals surface area (Å²) >= 11 is 0. The van der Waals surface area contributed by atoms with E-state index in [4.69, 9.17) is 10.5 Å². The smallest absolute Gasteiger partial charge is 0.419 e. The normalized spacial score (nSPS) is 11.4. The first kappa shape index (κ1) is 13.3. The molecule has 0 aliphatic rings. The molecule has 0 aliphatic heterocycles. The molecular weight excluding hydrogens is 259 g/mol. The average Bonchev–Trinajstić information content (AvgIpc) is 2.39. The Balaban J connectivity index is 2.40. The minimum atomic E-state index is -4.52. The Morgan fingerprint density at radius 1 is 1.21 bits per heavy atom. The number of nitrogens with zero attached hydrogens (tertiary/aromatic N) is 2. The summed E-state index contributed by atoms with van der Waals surface area (Å²) in [5.74, 6) is -0.274. The standard InChI is InChI=1S/C12H10F3N3O/c13-12(14,15)9-5-8(6-16)1-2-10(9)19-11-3-4-17-7-18-11/h1-5,7H,6,16H2. The van der Waals surface area contributed by atoms with Gasteiger partial charge in [-0.15, -0.1) is 0 Å². The second-order valence-electron chi connectivity index (χ2n) is 3.68. The zero-order valence-corrected chi connectivity index (χ0v) is 9.69. The molecule has 1 heterocycles. The monoisotopic (exact) mass is 269 g/mol. The van der Waals surface area contributed by atoms with Gasteiger partial charge in [0, 0.05) is 18.8 Å². The summed E-state index contributed by atoms with van der Waals surface area (Å²) in [7, 11) is 0. The van der Waals surface area contributed by atoms with Crippen molar-refractivity contribution in [2.24, 2.45) is 5.73 Å². The maximum atomic E-state index is 12.9. The van der Waals surface area contributed by atoms with Gasteiger partial charge in [0.15, 0.2) is 0 Å². The van der Waals surface area contributed by atoms with E-state index in [-0.39, 0.29) is 18.2 Å². The molecule has 0 fully saturated rings. The van der Waals surface area contributed by atoms with Gasteiger partial charge in [-0.3, -0.25) is 0 Å². The molecule has 7 heteroatoms. The largest absolute Gasteiger partial charge is 0.438 e. The molecule has 2 rings (SSSR count). The molecular formula is C12H10F3N3O. The van der Waals surface area contributed by atoms with Crippen LogP contribution in [-0.4, -0.2) is 9.97 Å². The fourth-order valence-electron chi connectivity index (χ4n) is 1.47. The van der Waals surface area contributed by atoms with Gasteiger partial charge in [0.25, 0.3) is 0 Å². The highest BCUT2D eigenvalue weighted by molar-refractivity contribution is 5.41. The zero-order chi connectivity index (χ0) is 13.9. The third kappa shape index (κ3) is 3.19. The second kappa shape index (κ2) is 5.23. The van der Waals surface area contributed by atoms with Crippen molar-refractivity contribution in [1.29, 1.82) is 0 Å². The van der Waals surface area contributed by atoms with Crippen LogP contribution in [0, 0.1) is 0 Å². The van der Waals surface area contributed by atoms with Crippen LogP contribution in [0.15, 0.2) is 36.8 Å². The third-order valence-corrected chi connectivity index (χ3v) is 2.35. The highest BCUT2D eigenvalue weighted by Crippen LogP contribution is 2.38. The first-order valence-electron chi connectivity index (χ1n) is 5.35. The number of rotatable bonds is 3. The van der Waals surface area contributed by atoms with Gasteiger partial charge in [-0.2, -0.15) is 13.2 Å². The summed E-state index contributed by atoms with van der Waals surface area (Å²) in [4.78, 5) is 7.37. The van der Waals surface area contributed by atoms with E-state index in [2.05, 4.69) is 9.97 Å². The molecule has 0 saturated carbocycles. The van der Waals surface area contributed by atoms with Crippen LogP contribution in [0.25, 0.3) is 0 Å². The summed E-state index contributed by atoms with van der Waals surface area (Å²) in [6.07, 6.45) is -1.95. The molecule has 0 aliphatic carbocycles. The van der Waals surface area contributed by atoms with Gasteiger partial charge >= 0.3 is 6.18 Å². The number of ether oxygens (including phenoxy) is 1. The molecule has 100 valence electrons. The van der Waals surface area contributed by atoms with E-state index in [0.717, 1.165) is 6.07 Å². The van der Waals surface area contributed by atoms with Crippen LogP contribution >= 0.6 is 0 Å². The van der Waals surface area contributed by atoms with Crippen molar-refractivity contribution in [1.82, 2.24) is 9.97 Å². The fraction of sp³-hybridized carbons (Fsp3) is 0.167. The lowest BCUT2D eigenvalue weighted by Gasteiger charge is -2.14. The quantitative estimate of drug-likeness (QED) is 0.930. The molecule has 2 aromatic rings. The van der Waals surface area contributed by atoms with Crippen molar-refractivity contribution in [2.75, 3.05) is 0 Å². The van der Waals surface area contributed by atoms with Gasteiger partial charge in [-0.1, -0.05) is 6.07 Å². The van der Waals surface area contributed by atoms with Gasteiger partial charge in [-0.25, -0.2) is 9.97 Å². The number of hydrogen-bond donors (Lipinski definition) is 1. The number of halogens is 3. The third-order valence-electron chi connectivity index (χ3n) is 2.35. The molecule has 4 nitrogen and oxygen atoms in total. The molecule has 19 heavy (non-hydrogen) atoms. The molecule has 0 spiro atoms. The number of benzene rings is 1. The molecule has 0 unspecified atom stereocenters. The molecule has 1 aromatic carbocycles. The fourth-order valence-corrected chi connectivity index (χ4v) is 1.47. The van der Waals surface area contributed by atoms with Gasteiger partial charge in [-0.05, 0) is 17.7 Å². The number of nitrogens with two attached hydrogens (primary N) is 1. The summed E-state index contributed by atoms with van der Waals surface area (Å²) in [6, 6.07) is 5.05. The minimum Gasteiger partial charge on any atom is -0.438 e. The molecule has 0 saturated heterocycles. The maximum Gasteiger partial charge on any atom is 0.419 e. The van der Waals surface area contributed by atoms with Crippen LogP contribution < -0.4 is 10.5 Å². The van der Waals surface area contributed by atoms with Crippen molar-refractivity contribution >= 4 is 0 Å². The van der Waals surface area contributed by atoms with Crippen LogP contribution in [0.4, 0.5) is 13.2 Å². The Hall–Kier alpha value is -2.15. The summed E-state index contributed by atoms with van der Waals surface area (Å²) in [6.45, 7) is 0.0247. The topological polar surface area (TPSA) is 61.0 Å². The lowest BCUT2D eigenvalue weighted by molar-refractivity contribution is -0.138. The Morgan fingerprint density at radius 2 is 2.00 bits per heavy atom. The van der Waals surface area contributed by atoms with E-state index in [0.29, 0.717) is 5.56 Å². The summed E-state index contributed by atoms with van der Waals surface area (Å²) in [5, 5.41) is 0. The highest BCUT2D eigenvalue weighted by Gasteiger charge is 2.34. The molecule has 2 N–H and O–H groups in total. The minimum absolute atomic E-state index is 0.0247. The number of aromatic nitrogens is 2. The van der Waals surface area contributed by atoms with E-state index < -0.39 is 11.7 Å². The van der Waals surface area contributed by atoms with E-state index in [9.17, 15) is 13.2 Å². The zero-order valence-electron chi connectivity index (χ0n) is 9.69. The maximum absolute atomic E-state index is 12.9. The second-order valence-corrected chi connectivity index (χ2v) is 3.68. The molecule has 0 radical (unpaired) electrons. The lowest BCUT2D eigenvalue weighted by atomic mass is 10.1. The van der Waals surface area contributed by atoms with Crippen molar-refractivity contribution in [3.8, 4) is 11.6 Å². The predicted molar refractivity (Wildman–Crippen MR) is 61.4 cm³/mol. The first-order chi connectivity index (χ1) is 9.00. The number of hydrogen-bond acceptors (Lipinski definition) is 4. The van der Waals surface area contributed by atoms with Gasteiger partial charge < -0.3 is 10.5 Å². The van der Waals surface area contributed by atoms with Crippen LogP contribution in [0.5, 0.6) is 11.6 Å². The van der Waals surface area contributed by atoms with Gasteiger partial charge in [0.1, 0.15) is 12.1 Å². The van der Waals surface area contributed by atoms with Crippen molar-refractivity contribution in [3.63, 3.8) is 0 Å². The van der Waals surface area contributed by atoms with Crippen LogP contribution in [0.2, 0.25) is 0 Å². The average molecular weight is 269 g/mol. The molecule has 0 bridgehead atoms. The molecule has 0 atom stereocenters. The first-order valence-corrected chi connectivity index (χ1v) is 5.35. The number of alkyl halides is 3. The van der Waals surface area contributed by atoms with E-state index >= 15 is 0 Å². The predicted octanol–water partition coefficient (Wildman–Crippen LogP) is 2.75. The van der Waals surface area contributed by atoms with Gasteiger partial charge in [0.05, 0.1) is 5.56 Å². The van der Waals surface area contributed by atoms with E-state index in [1.807, 2.05) is 0 Å². The SMILES string of the molecule is NCc1ccc(Oc2ccncn2)c(C(F)(F)F)c1. The van der Waals surface area contributed by atoms with Crippen LogP contribution in [0.1, 0.15) is 11.1 Å². The van der Waals surface area contributed by atoms with Crippen LogP contribution in [0.3, 0.4) is 0 Å². The molecule has 1 aromatic heterocycles. The van der Waals surface area contributed by atoms with Crippen molar-refractivity contribution < 1.29 is 17.9 Å². The molecule has 0 amide bonds. The van der Waals surface area contributed by atoms with Gasteiger partial charge in [0.2, 0.25) is 5.88 Å². The Labute approximate surface area is 107 Å². The Kier molecular flexibility index (Phi) is 3.66. The Morgan fingerprint density at radius 3 is 2.58 bits per heavy atom. The van der Waals surface area contributed by atoms with Crippen molar-refractivity contribution in [2.45, 2.75) is 12.7 Å².